The molecule has 1 saturated heterocycles. The van der Waals surface area contributed by atoms with E-state index in [0.717, 1.165) is 11.4 Å². The number of piperidine rings is 1. The van der Waals surface area contributed by atoms with Gasteiger partial charge >= 0.3 is 0 Å². The number of nitrogens with zero attached hydrogens (tertiary/aromatic N) is 1. The number of benzene rings is 1. The van der Waals surface area contributed by atoms with Gasteiger partial charge in [0.25, 0.3) is 0 Å². The third-order valence-electron chi connectivity index (χ3n) is 5.42. The van der Waals surface area contributed by atoms with E-state index < -0.39 is 0 Å². The Morgan fingerprint density at radius 2 is 1.86 bits per heavy atom. The number of rotatable bonds is 3. The minimum Gasteiger partial charge on any atom is -0.371 e. The van der Waals surface area contributed by atoms with Gasteiger partial charge in [0.1, 0.15) is 0 Å². The molecule has 2 fully saturated rings. The first-order valence-electron chi connectivity index (χ1n) is 8.37. The predicted molar refractivity (Wildman–Crippen MR) is 91.2 cm³/mol. The molecule has 0 radical (unpaired) electrons. The Balaban J connectivity index is 1.76. The van der Waals surface area contributed by atoms with Gasteiger partial charge in [-0.05, 0) is 62.1 Å². The molecule has 0 amide bonds. The van der Waals surface area contributed by atoms with Crippen LogP contribution in [0.5, 0.6) is 0 Å². The molecular weight excluding hydrogens is 280 g/mol. The number of anilines is 1. The Hall–Kier alpha value is -0.730. The van der Waals surface area contributed by atoms with E-state index in [2.05, 4.69) is 24.0 Å². The first-order chi connectivity index (χ1) is 10.1. The highest BCUT2D eigenvalue weighted by atomic mass is 35.5. The molecule has 2 nitrogen and oxygen atoms in total. The maximum absolute atomic E-state index is 6.24. The summed E-state index contributed by atoms with van der Waals surface area (Å²) in [6, 6.07) is 6.47. The Bertz CT molecular complexity index is 482. The number of halogens is 1. The van der Waals surface area contributed by atoms with E-state index in [1.807, 2.05) is 6.07 Å². The average Bonchev–Trinajstić information content (AvgIpc) is 2.90. The van der Waals surface area contributed by atoms with Gasteiger partial charge < -0.3 is 10.6 Å². The lowest BCUT2D eigenvalue weighted by atomic mass is 9.77. The predicted octanol–water partition coefficient (Wildman–Crippen LogP) is 4.39. The standard InChI is InChI=1S/C18H27ClN2/c1-14(20)12-15-4-5-16(19)13-17(15)21-10-8-18(9-11-21)6-2-3-7-18/h4-5,13-14H,2-3,6-12,20H2,1H3. The van der Waals surface area contributed by atoms with Crippen LogP contribution >= 0.6 is 11.6 Å². The summed E-state index contributed by atoms with van der Waals surface area (Å²) in [6.45, 7) is 4.42. The number of hydrogen-bond donors (Lipinski definition) is 1. The van der Waals surface area contributed by atoms with Crippen molar-refractivity contribution in [1.29, 1.82) is 0 Å². The smallest absolute Gasteiger partial charge is 0.0426 e. The number of hydrogen-bond acceptors (Lipinski definition) is 2. The fourth-order valence-electron chi connectivity index (χ4n) is 4.20. The third-order valence-corrected chi connectivity index (χ3v) is 5.65. The van der Waals surface area contributed by atoms with E-state index in [0.29, 0.717) is 5.41 Å². The monoisotopic (exact) mass is 306 g/mol. The lowest BCUT2D eigenvalue weighted by molar-refractivity contribution is 0.226. The van der Waals surface area contributed by atoms with Crippen LogP contribution < -0.4 is 10.6 Å². The molecule has 0 aromatic heterocycles. The molecule has 1 aromatic carbocycles. The van der Waals surface area contributed by atoms with Crippen molar-refractivity contribution in [3.05, 3.63) is 28.8 Å². The summed E-state index contributed by atoms with van der Waals surface area (Å²) < 4.78 is 0. The average molecular weight is 307 g/mol. The largest absolute Gasteiger partial charge is 0.371 e. The molecule has 3 heteroatoms. The van der Waals surface area contributed by atoms with E-state index in [9.17, 15) is 0 Å². The van der Waals surface area contributed by atoms with Gasteiger partial charge in [-0.2, -0.15) is 0 Å². The van der Waals surface area contributed by atoms with Gasteiger partial charge in [0.05, 0.1) is 0 Å². The molecule has 1 saturated carbocycles. The zero-order valence-electron chi connectivity index (χ0n) is 13.1. The Labute approximate surface area is 133 Å². The highest BCUT2D eigenvalue weighted by Crippen LogP contribution is 2.47. The van der Waals surface area contributed by atoms with Gasteiger partial charge in [0.15, 0.2) is 0 Å². The molecule has 1 aliphatic carbocycles. The zero-order chi connectivity index (χ0) is 14.9. The quantitative estimate of drug-likeness (QED) is 0.897. The molecule has 116 valence electrons. The van der Waals surface area contributed by atoms with Crippen LogP contribution in [0.3, 0.4) is 0 Å². The minimum atomic E-state index is 0.191. The first-order valence-corrected chi connectivity index (χ1v) is 8.75. The summed E-state index contributed by atoms with van der Waals surface area (Å²) in [4.78, 5) is 2.53. The molecule has 1 atom stereocenters. The van der Waals surface area contributed by atoms with Crippen LogP contribution in [0.25, 0.3) is 0 Å². The van der Waals surface area contributed by atoms with Gasteiger partial charge in [0, 0.05) is 29.8 Å². The van der Waals surface area contributed by atoms with Crippen molar-refractivity contribution in [1.82, 2.24) is 0 Å². The second-order valence-corrected chi connectivity index (χ2v) is 7.59. The van der Waals surface area contributed by atoms with E-state index in [4.69, 9.17) is 17.3 Å². The van der Waals surface area contributed by atoms with E-state index in [1.54, 1.807) is 0 Å². The maximum atomic E-state index is 6.24. The van der Waals surface area contributed by atoms with Crippen molar-refractivity contribution in [3.8, 4) is 0 Å². The maximum Gasteiger partial charge on any atom is 0.0426 e. The number of nitrogens with two attached hydrogens (primary N) is 1. The SMILES string of the molecule is CC(N)Cc1ccc(Cl)cc1N1CCC2(CCCC2)CC1. The molecule has 0 bridgehead atoms. The van der Waals surface area contributed by atoms with E-state index >= 15 is 0 Å². The molecule has 2 aliphatic rings. The van der Waals surface area contributed by atoms with E-state index in [1.165, 1.54) is 62.9 Å². The Kier molecular flexibility index (Phi) is 4.46. The van der Waals surface area contributed by atoms with Crippen LogP contribution in [0, 0.1) is 5.41 Å². The molecule has 3 rings (SSSR count). The summed E-state index contributed by atoms with van der Waals surface area (Å²) in [5.41, 5.74) is 9.32. The summed E-state index contributed by atoms with van der Waals surface area (Å²) in [6.07, 6.45) is 9.38. The van der Waals surface area contributed by atoms with Crippen molar-refractivity contribution in [3.63, 3.8) is 0 Å². The van der Waals surface area contributed by atoms with Crippen LogP contribution in [0.2, 0.25) is 5.02 Å². The van der Waals surface area contributed by atoms with Gasteiger partial charge in [-0.25, -0.2) is 0 Å². The van der Waals surface area contributed by atoms with Gasteiger partial charge in [-0.15, -0.1) is 0 Å². The van der Waals surface area contributed by atoms with Gasteiger partial charge in [-0.1, -0.05) is 30.5 Å². The summed E-state index contributed by atoms with van der Waals surface area (Å²) in [7, 11) is 0. The van der Waals surface area contributed by atoms with Crippen molar-refractivity contribution in [2.75, 3.05) is 18.0 Å². The second kappa shape index (κ2) is 6.18. The molecular formula is C18H27ClN2. The van der Waals surface area contributed by atoms with Gasteiger partial charge in [-0.3, -0.25) is 0 Å². The fourth-order valence-corrected chi connectivity index (χ4v) is 4.36. The highest BCUT2D eigenvalue weighted by molar-refractivity contribution is 6.30. The fraction of sp³-hybridized carbons (Fsp3) is 0.667. The third kappa shape index (κ3) is 3.37. The first kappa shape index (κ1) is 15.2. The Morgan fingerprint density at radius 1 is 1.19 bits per heavy atom. The zero-order valence-corrected chi connectivity index (χ0v) is 13.8. The molecule has 1 heterocycles. The van der Waals surface area contributed by atoms with Crippen LogP contribution in [0.15, 0.2) is 18.2 Å². The molecule has 21 heavy (non-hydrogen) atoms. The summed E-state index contributed by atoms with van der Waals surface area (Å²) in [5.74, 6) is 0. The van der Waals surface area contributed by atoms with Crippen molar-refractivity contribution >= 4 is 17.3 Å². The van der Waals surface area contributed by atoms with E-state index in [-0.39, 0.29) is 6.04 Å². The molecule has 1 aliphatic heterocycles. The second-order valence-electron chi connectivity index (χ2n) is 7.15. The molecule has 1 unspecified atom stereocenters. The van der Waals surface area contributed by atoms with Crippen LogP contribution in [0.4, 0.5) is 5.69 Å². The van der Waals surface area contributed by atoms with Crippen LogP contribution in [-0.2, 0) is 6.42 Å². The summed E-state index contributed by atoms with van der Waals surface area (Å²) in [5, 5.41) is 0.833. The highest BCUT2D eigenvalue weighted by Gasteiger charge is 2.37. The lowest BCUT2D eigenvalue weighted by Crippen LogP contribution is -2.39. The van der Waals surface area contributed by atoms with Gasteiger partial charge in [0.2, 0.25) is 0 Å². The Morgan fingerprint density at radius 3 is 2.48 bits per heavy atom. The molecule has 2 N–H and O–H groups in total. The summed E-state index contributed by atoms with van der Waals surface area (Å²) >= 11 is 6.24. The normalized spacial score (nSPS) is 22.7. The van der Waals surface area contributed by atoms with Crippen LogP contribution in [0.1, 0.15) is 51.0 Å². The van der Waals surface area contributed by atoms with Crippen molar-refractivity contribution in [2.24, 2.45) is 11.1 Å². The topological polar surface area (TPSA) is 29.3 Å². The lowest BCUT2D eigenvalue weighted by Gasteiger charge is -2.41. The van der Waals surface area contributed by atoms with Crippen molar-refractivity contribution in [2.45, 2.75) is 57.9 Å². The van der Waals surface area contributed by atoms with Crippen molar-refractivity contribution < 1.29 is 0 Å². The molecule has 1 spiro atoms. The minimum absolute atomic E-state index is 0.191. The van der Waals surface area contributed by atoms with Crippen LogP contribution in [-0.4, -0.2) is 19.1 Å². The molecule has 1 aromatic rings.